The molecule has 0 bridgehead atoms. The second-order valence-electron chi connectivity index (χ2n) is 5.41. The molecular weight excluding hydrogens is 244 g/mol. The monoisotopic (exact) mass is 262 g/mol. The summed E-state index contributed by atoms with van der Waals surface area (Å²) in [5.41, 5.74) is 0. The molecule has 19 heavy (non-hydrogen) atoms. The molecular formula is C15H18O4. The SMILES string of the molecule is C[C@@H](Oc1ccccc1)C(=O)O[C@@H]1C[C@H](O)C2CC21. The van der Waals surface area contributed by atoms with E-state index in [1.54, 1.807) is 19.1 Å². The minimum atomic E-state index is -0.627. The van der Waals surface area contributed by atoms with Crippen LogP contribution in [-0.4, -0.2) is 29.4 Å². The number of para-hydroxylation sites is 1. The van der Waals surface area contributed by atoms with Crippen molar-refractivity contribution < 1.29 is 19.4 Å². The van der Waals surface area contributed by atoms with Crippen LogP contribution in [0.25, 0.3) is 0 Å². The maximum atomic E-state index is 11.9. The van der Waals surface area contributed by atoms with Gasteiger partial charge in [0.1, 0.15) is 11.9 Å². The molecule has 4 heteroatoms. The number of aliphatic hydroxyl groups excluding tert-OH is 1. The van der Waals surface area contributed by atoms with Crippen LogP contribution in [0, 0.1) is 11.8 Å². The van der Waals surface area contributed by atoms with Crippen molar-refractivity contribution in [3.63, 3.8) is 0 Å². The average molecular weight is 262 g/mol. The fourth-order valence-corrected chi connectivity index (χ4v) is 2.83. The summed E-state index contributed by atoms with van der Waals surface area (Å²) in [4.78, 5) is 11.9. The van der Waals surface area contributed by atoms with Gasteiger partial charge in [-0.15, -0.1) is 0 Å². The first-order chi connectivity index (χ1) is 9.15. The Morgan fingerprint density at radius 1 is 1.26 bits per heavy atom. The van der Waals surface area contributed by atoms with Crippen molar-refractivity contribution >= 4 is 5.97 Å². The van der Waals surface area contributed by atoms with Crippen molar-refractivity contribution in [2.45, 2.75) is 38.1 Å². The Balaban J connectivity index is 1.53. The third-order valence-corrected chi connectivity index (χ3v) is 3.99. The Morgan fingerprint density at radius 3 is 2.58 bits per heavy atom. The summed E-state index contributed by atoms with van der Waals surface area (Å²) in [5.74, 6) is 1.02. The molecule has 3 rings (SSSR count). The van der Waals surface area contributed by atoms with Crippen LogP contribution in [0.2, 0.25) is 0 Å². The van der Waals surface area contributed by atoms with Crippen LogP contribution in [0.5, 0.6) is 5.75 Å². The van der Waals surface area contributed by atoms with Gasteiger partial charge in [0.15, 0.2) is 6.10 Å². The maximum absolute atomic E-state index is 11.9. The first kappa shape index (κ1) is 12.5. The van der Waals surface area contributed by atoms with E-state index in [2.05, 4.69) is 0 Å². The van der Waals surface area contributed by atoms with Crippen LogP contribution in [0.3, 0.4) is 0 Å². The number of benzene rings is 1. The van der Waals surface area contributed by atoms with Crippen LogP contribution < -0.4 is 4.74 Å². The zero-order valence-corrected chi connectivity index (χ0v) is 10.9. The molecule has 2 fully saturated rings. The van der Waals surface area contributed by atoms with E-state index in [-0.39, 0.29) is 18.2 Å². The number of carbonyl (C=O) groups excluding carboxylic acids is 1. The van der Waals surface area contributed by atoms with Gasteiger partial charge in [-0.05, 0) is 31.4 Å². The first-order valence-corrected chi connectivity index (χ1v) is 6.75. The zero-order chi connectivity index (χ0) is 13.4. The van der Waals surface area contributed by atoms with Gasteiger partial charge in [0.25, 0.3) is 0 Å². The third-order valence-electron chi connectivity index (χ3n) is 3.99. The molecule has 102 valence electrons. The number of ether oxygens (including phenoxy) is 2. The molecule has 2 unspecified atom stereocenters. The molecule has 0 amide bonds. The van der Waals surface area contributed by atoms with E-state index in [1.807, 2.05) is 18.2 Å². The standard InChI is InChI=1S/C15H18O4/c1-9(18-10-5-3-2-4-6-10)15(17)19-14-8-13(16)11-7-12(11)14/h2-6,9,11-14,16H,7-8H2,1H3/t9-,11?,12?,13+,14-/m1/s1. The van der Waals surface area contributed by atoms with E-state index in [0.29, 0.717) is 24.0 Å². The summed E-state index contributed by atoms with van der Waals surface area (Å²) >= 11 is 0. The van der Waals surface area contributed by atoms with Crippen LogP contribution in [-0.2, 0) is 9.53 Å². The lowest BCUT2D eigenvalue weighted by Gasteiger charge is -2.18. The molecule has 5 atom stereocenters. The molecule has 2 saturated carbocycles. The Bertz CT molecular complexity index is 458. The molecule has 0 heterocycles. The van der Waals surface area contributed by atoms with Gasteiger partial charge >= 0.3 is 5.97 Å². The summed E-state index contributed by atoms with van der Waals surface area (Å²) in [5, 5.41) is 9.67. The molecule has 0 spiro atoms. The third kappa shape index (κ3) is 2.59. The number of carbonyl (C=O) groups is 1. The van der Waals surface area contributed by atoms with Crippen LogP contribution in [0.1, 0.15) is 19.8 Å². The molecule has 0 saturated heterocycles. The molecule has 4 nitrogen and oxygen atoms in total. The number of esters is 1. The lowest BCUT2D eigenvalue weighted by atomic mass is 10.2. The molecule has 2 aliphatic carbocycles. The first-order valence-electron chi connectivity index (χ1n) is 6.75. The summed E-state index contributed by atoms with van der Waals surface area (Å²) in [6.45, 7) is 1.69. The number of fused-ring (bicyclic) bond motifs is 1. The van der Waals surface area contributed by atoms with Crippen molar-refractivity contribution in [2.24, 2.45) is 11.8 Å². The second kappa shape index (κ2) is 4.85. The smallest absolute Gasteiger partial charge is 0.347 e. The Hall–Kier alpha value is -1.55. The summed E-state index contributed by atoms with van der Waals surface area (Å²) in [6.07, 6.45) is 0.492. The van der Waals surface area contributed by atoms with Crippen LogP contribution in [0.15, 0.2) is 30.3 Å². The van der Waals surface area contributed by atoms with Gasteiger partial charge < -0.3 is 14.6 Å². The van der Waals surface area contributed by atoms with E-state index in [1.165, 1.54) is 0 Å². The van der Waals surface area contributed by atoms with Crippen molar-refractivity contribution in [1.82, 2.24) is 0 Å². The molecule has 0 aromatic heterocycles. The number of rotatable bonds is 4. The van der Waals surface area contributed by atoms with Crippen molar-refractivity contribution in [2.75, 3.05) is 0 Å². The summed E-state index contributed by atoms with van der Waals surface area (Å²) in [7, 11) is 0. The van der Waals surface area contributed by atoms with Crippen LogP contribution in [0.4, 0.5) is 0 Å². The van der Waals surface area contributed by atoms with E-state index in [4.69, 9.17) is 9.47 Å². The molecule has 0 aliphatic heterocycles. The predicted molar refractivity (Wildman–Crippen MR) is 68.6 cm³/mol. The minimum absolute atomic E-state index is 0.130. The molecule has 1 N–H and O–H groups in total. The Kier molecular flexibility index (Phi) is 3.19. The maximum Gasteiger partial charge on any atom is 0.347 e. The van der Waals surface area contributed by atoms with E-state index < -0.39 is 6.10 Å². The van der Waals surface area contributed by atoms with Crippen molar-refractivity contribution in [3.8, 4) is 5.75 Å². The average Bonchev–Trinajstić information content (AvgIpc) is 3.13. The summed E-state index contributed by atoms with van der Waals surface area (Å²) < 4.78 is 11.0. The topological polar surface area (TPSA) is 55.8 Å². The van der Waals surface area contributed by atoms with E-state index in [0.717, 1.165) is 6.42 Å². The van der Waals surface area contributed by atoms with Crippen LogP contribution >= 0.6 is 0 Å². The Labute approximate surface area is 112 Å². The van der Waals surface area contributed by atoms with Gasteiger partial charge in [0.2, 0.25) is 0 Å². The van der Waals surface area contributed by atoms with E-state index in [9.17, 15) is 9.90 Å². The number of hydrogen-bond donors (Lipinski definition) is 1. The lowest BCUT2D eigenvalue weighted by Crippen LogP contribution is -2.30. The fraction of sp³-hybridized carbons (Fsp3) is 0.533. The van der Waals surface area contributed by atoms with Gasteiger partial charge in [-0.1, -0.05) is 18.2 Å². The fourth-order valence-electron chi connectivity index (χ4n) is 2.83. The van der Waals surface area contributed by atoms with Gasteiger partial charge in [-0.3, -0.25) is 0 Å². The summed E-state index contributed by atoms with van der Waals surface area (Å²) in [6, 6.07) is 9.22. The number of aliphatic hydroxyl groups is 1. The zero-order valence-electron chi connectivity index (χ0n) is 10.9. The highest BCUT2D eigenvalue weighted by Crippen LogP contribution is 2.53. The van der Waals surface area contributed by atoms with Crippen molar-refractivity contribution in [3.05, 3.63) is 30.3 Å². The Morgan fingerprint density at radius 2 is 2.00 bits per heavy atom. The number of hydrogen-bond acceptors (Lipinski definition) is 4. The van der Waals surface area contributed by atoms with Gasteiger partial charge in [-0.25, -0.2) is 4.79 Å². The van der Waals surface area contributed by atoms with Crippen molar-refractivity contribution in [1.29, 1.82) is 0 Å². The minimum Gasteiger partial charge on any atom is -0.479 e. The lowest BCUT2D eigenvalue weighted by molar-refractivity contribution is -0.157. The largest absolute Gasteiger partial charge is 0.479 e. The predicted octanol–water partition coefficient (Wildman–Crippen LogP) is 1.77. The molecule has 2 aliphatic rings. The van der Waals surface area contributed by atoms with Gasteiger partial charge in [0, 0.05) is 12.3 Å². The highest BCUT2D eigenvalue weighted by molar-refractivity contribution is 5.75. The van der Waals surface area contributed by atoms with Gasteiger partial charge in [0.05, 0.1) is 6.10 Å². The van der Waals surface area contributed by atoms with E-state index >= 15 is 0 Å². The quantitative estimate of drug-likeness (QED) is 0.840. The molecule has 1 aromatic rings. The molecule has 1 aromatic carbocycles. The highest BCUT2D eigenvalue weighted by atomic mass is 16.6. The van der Waals surface area contributed by atoms with Gasteiger partial charge in [-0.2, -0.15) is 0 Å². The normalized spacial score (nSPS) is 33.4. The second-order valence-corrected chi connectivity index (χ2v) is 5.41. The molecule has 0 radical (unpaired) electrons. The highest BCUT2D eigenvalue weighted by Gasteiger charge is 2.55.